The molecule has 0 atom stereocenters. The van der Waals surface area contributed by atoms with Crippen LogP contribution in [0.1, 0.15) is 11.3 Å². The van der Waals surface area contributed by atoms with E-state index in [4.69, 9.17) is 5.26 Å². The summed E-state index contributed by atoms with van der Waals surface area (Å²) in [6.07, 6.45) is -1.67. The van der Waals surface area contributed by atoms with E-state index in [0.29, 0.717) is 16.8 Å². The van der Waals surface area contributed by atoms with Gasteiger partial charge in [0.2, 0.25) is 0 Å². The quantitative estimate of drug-likeness (QED) is 0.728. The predicted molar refractivity (Wildman–Crippen MR) is 76.3 cm³/mol. The summed E-state index contributed by atoms with van der Waals surface area (Å²) in [5.74, 6) is 0.130. The number of halogens is 3. The number of aryl methyl sites for hydroxylation is 1. The van der Waals surface area contributed by atoms with Crippen LogP contribution in [0.15, 0.2) is 30.7 Å². The molecule has 0 aliphatic rings. The van der Waals surface area contributed by atoms with E-state index < -0.39 is 12.7 Å². The van der Waals surface area contributed by atoms with E-state index in [-0.39, 0.29) is 16.9 Å². The molecular weight excluding hydrogens is 307 g/mol. The fourth-order valence-corrected chi connectivity index (χ4v) is 2.35. The molecule has 0 N–H and O–H groups in total. The van der Waals surface area contributed by atoms with Gasteiger partial charge in [-0.25, -0.2) is 15.0 Å². The number of imidazole rings is 1. The van der Waals surface area contributed by atoms with Crippen molar-refractivity contribution in [3.8, 4) is 17.5 Å². The van der Waals surface area contributed by atoms with Gasteiger partial charge in [0.15, 0.2) is 0 Å². The number of hydrogen-bond donors (Lipinski definition) is 0. The van der Waals surface area contributed by atoms with Crippen LogP contribution in [0.3, 0.4) is 0 Å². The summed E-state index contributed by atoms with van der Waals surface area (Å²) in [5.41, 5.74) is 1.85. The lowest BCUT2D eigenvalue weighted by Crippen LogP contribution is -2.18. The van der Waals surface area contributed by atoms with Gasteiger partial charge < -0.3 is 4.57 Å². The third-order valence-electron chi connectivity index (χ3n) is 3.37. The van der Waals surface area contributed by atoms with Crippen LogP contribution < -0.4 is 0 Å². The third kappa shape index (κ3) is 2.85. The molecule has 3 rings (SSSR count). The topological polar surface area (TPSA) is 67.4 Å². The molecule has 0 radical (unpaired) electrons. The molecule has 1 aromatic carbocycles. The largest absolute Gasteiger partial charge is 0.406 e. The molecule has 0 unspecified atom stereocenters. The molecule has 5 nitrogen and oxygen atoms in total. The number of fused-ring (bicyclic) bond motifs is 1. The molecule has 23 heavy (non-hydrogen) atoms. The Balaban J connectivity index is 2.31. The summed E-state index contributed by atoms with van der Waals surface area (Å²) in [4.78, 5) is 12.1. The van der Waals surface area contributed by atoms with E-state index in [1.807, 2.05) is 6.07 Å². The highest BCUT2D eigenvalue weighted by molar-refractivity contribution is 5.82. The van der Waals surface area contributed by atoms with Crippen molar-refractivity contribution in [2.24, 2.45) is 0 Å². The Morgan fingerprint density at radius 2 is 2.09 bits per heavy atom. The van der Waals surface area contributed by atoms with Gasteiger partial charge in [0.1, 0.15) is 18.7 Å². The molecule has 2 heterocycles. The van der Waals surface area contributed by atoms with Gasteiger partial charge in [-0.1, -0.05) is 0 Å². The van der Waals surface area contributed by atoms with Gasteiger partial charge in [0.25, 0.3) is 0 Å². The number of nitrogens with zero attached hydrogens (tertiary/aromatic N) is 5. The summed E-state index contributed by atoms with van der Waals surface area (Å²) in [6, 6.07) is 6.37. The Morgan fingerprint density at radius 1 is 1.30 bits per heavy atom. The Bertz CT molecular complexity index is 921. The first kappa shape index (κ1) is 15.0. The molecule has 0 amide bonds. The summed E-state index contributed by atoms with van der Waals surface area (Å²) in [6.45, 7) is 0.469. The summed E-state index contributed by atoms with van der Waals surface area (Å²) >= 11 is 0. The molecule has 0 saturated carbocycles. The maximum atomic E-state index is 13.0. The molecule has 0 fully saturated rings. The SMILES string of the molecule is Cc1ncncc1-c1nc2ccc(C#N)cc2n1CC(F)(F)F. The second-order valence-electron chi connectivity index (χ2n) is 4.97. The lowest BCUT2D eigenvalue weighted by molar-refractivity contribution is -0.139. The minimum absolute atomic E-state index is 0.130. The van der Waals surface area contributed by atoms with Crippen LogP contribution in [0, 0.1) is 18.3 Å². The van der Waals surface area contributed by atoms with Gasteiger partial charge in [-0.3, -0.25) is 0 Å². The van der Waals surface area contributed by atoms with E-state index in [2.05, 4.69) is 15.0 Å². The van der Waals surface area contributed by atoms with Crippen LogP contribution in [-0.2, 0) is 6.54 Å². The van der Waals surface area contributed by atoms with Gasteiger partial charge >= 0.3 is 6.18 Å². The predicted octanol–water partition coefficient (Wildman–Crippen LogP) is 3.24. The molecule has 0 aliphatic heterocycles. The van der Waals surface area contributed by atoms with Crippen molar-refractivity contribution >= 4 is 11.0 Å². The van der Waals surface area contributed by atoms with E-state index >= 15 is 0 Å². The van der Waals surface area contributed by atoms with Gasteiger partial charge in [0, 0.05) is 6.20 Å². The van der Waals surface area contributed by atoms with Crippen LogP contribution in [0.25, 0.3) is 22.4 Å². The first-order valence-electron chi connectivity index (χ1n) is 6.63. The molecule has 0 spiro atoms. The molecule has 0 saturated heterocycles. The highest BCUT2D eigenvalue weighted by atomic mass is 19.4. The minimum atomic E-state index is -4.42. The maximum absolute atomic E-state index is 13.0. The molecule has 0 bridgehead atoms. The van der Waals surface area contributed by atoms with E-state index in [1.165, 1.54) is 30.7 Å². The fourth-order valence-electron chi connectivity index (χ4n) is 2.35. The standard InChI is InChI=1S/C15H10F3N5/c1-9-11(6-20-8-21-9)14-22-12-3-2-10(5-19)4-13(12)23(14)7-15(16,17)18/h2-4,6,8H,7H2,1H3. The van der Waals surface area contributed by atoms with Gasteiger partial charge in [-0.05, 0) is 25.1 Å². The fraction of sp³-hybridized carbons (Fsp3) is 0.200. The molecular formula is C15H10F3N5. The zero-order chi connectivity index (χ0) is 16.6. The monoisotopic (exact) mass is 317 g/mol. The lowest BCUT2D eigenvalue weighted by Gasteiger charge is -2.12. The average Bonchev–Trinajstić information content (AvgIpc) is 2.83. The summed E-state index contributed by atoms with van der Waals surface area (Å²) in [5, 5.41) is 8.97. The van der Waals surface area contributed by atoms with Crippen molar-refractivity contribution in [3.05, 3.63) is 42.0 Å². The van der Waals surface area contributed by atoms with Crippen molar-refractivity contribution in [2.45, 2.75) is 19.6 Å². The average molecular weight is 317 g/mol. The van der Waals surface area contributed by atoms with Crippen LogP contribution >= 0.6 is 0 Å². The van der Waals surface area contributed by atoms with Crippen molar-refractivity contribution in [1.29, 1.82) is 5.26 Å². The van der Waals surface area contributed by atoms with Gasteiger partial charge in [-0.15, -0.1) is 0 Å². The minimum Gasteiger partial charge on any atom is -0.315 e. The van der Waals surface area contributed by atoms with Crippen LogP contribution in [0.5, 0.6) is 0 Å². The molecule has 0 aliphatic carbocycles. The number of alkyl halides is 3. The van der Waals surface area contributed by atoms with E-state index in [0.717, 1.165) is 4.57 Å². The lowest BCUT2D eigenvalue weighted by atomic mass is 10.2. The zero-order valence-corrected chi connectivity index (χ0v) is 12.0. The number of rotatable bonds is 2. The van der Waals surface area contributed by atoms with Crippen molar-refractivity contribution < 1.29 is 13.2 Å². The Morgan fingerprint density at radius 3 is 2.74 bits per heavy atom. The Kier molecular flexibility index (Phi) is 3.48. The number of hydrogen-bond acceptors (Lipinski definition) is 4. The zero-order valence-electron chi connectivity index (χ0n) is 12.0. The molecule has 2 aromatic heterocycles. The molecule has 116 valence electrons. The first-order valence-corrected chi connectivity index (χ1v) is 6.63. The highest BCUT2D eigenvalue weighted by Crippen LogP contribution is 2.30. The Hall–Kier alpha value is -2.95. The third-order valence-corrected chi connectivity index (χ3v) is 3.37. The smallest absolute Gasteiger partial charge is 0.315 e. The second kappa shape index (κ2) is 5.35. The van der Waals surface area contributed by atoms with Crippen molar-refractivity contribution in [2.75, 3.05) is 0 Å². The number of nitriles is 1. The van der Waals surface area contributed by atoms with Gasteiger partial charge in [-0.2, -0.15) is 18.4 Å². The normalized spacial score (nSPS) is 11.6. The van der Waals surface area contributed by atoms with E-state index in [9.17, 15) is 13.2 Å². The molecule has 3 aromatic rings. The summed E-state index contributed by atoms with van der Waals surface area (Å²) < 4.78 is 40.0. The second-order valence-corrected chi connectivity index (χ2v) is 4.97. The van der Waals surface area contributed by atoms with Crippen LogP contribution in [-0.4, -0.2) is 25.7 Å². The Labute approximate surface area is 129 Å². The maximum Gasteiger partial charge on any atom is 0.406 e. The van der Waals surface area contributed by atoms with Crippen LogP contribution in [0.2, 0.25) is 0 Å². The highest BCUT2D eigenvalue weighted by Gasteiger charge is 2.31. The molecule has 8 heteroatoms. The van der Waals surface area contributed by atoms with Crippen molar-refractivity contribution in [1.82, 2.24) is 19.5 Å². The number of aromatic nitrogens is 4. The van der Waals surface area contributed by atoms with Crippen LogP contribution in [0.4, 0.5) is 13.2 Å². The van der Waals surface area contributed by atoms with Crippen molar-refractivity contribution in [3.63, 3.8) is 0 Å². The summed E-state index contributed by atoms with van der Waals surface area (Å²) in [7, 11) is 0. The van der Waals surface area contributed by atoms with E-state index in [1.54, 1.807) is 6.92 Å². The first-order chi connectivity index (χ1) is 10.9. The van der Waals surface area contributed by atoms with Gasteiger partial charge in [0.05, 0.1) is 33.9 Å². The number of benzene rings is 1.